The van der Waals surface area contributed by atoms with Crippen LogP contribution in [0.2, 0.25) is 0 Å². The summed E-state index contributed by atoms with van der Waals surface area (Å²) in [5.74, 6) is 2.40. The highest BCUT2D eigenvalue weighted by Gasteiger charge is 2.60. The van der Waals surface area contributed by atoms with Gasteiger partial charge in [0.25, 0.3) is 0 Å². The Morgan fingerprint density at radius 3 is 2.91 bits per heavy atom. The molecule has 0 aromatic carbocycles. The van der Waals surface area contributed by atoms with Gasteiger partial charge in [-0.2, -0.15) is 11.8 Å². The number of nitrogens with one attached hydrogen (secondary N) is 1. The maximum absolute atomic E-state index is 12.1. The molecular weight excluding hydrogens is 298 g/mol. The van der Waals surface area contributed by atoms with Crippen LogP contribution in [0, 0.1) is 5.92 Å². The molecule has 9 aliphatic heterocycles. The van der Waals surface area contributed by atoms with Gasteiger partial charge in [-0.3, -0.25) is 9.69 Å². The Kier molecular flexibility index (Phi) is 2.61. The number of carbonyl (C=O) groups is 1. The smallest absolute Gasteiger partial charge is 0.222 e. The molecule has 1 amide bonds. The third-order valence-corrected chi connectivity index (χ3v) is 8.49. The molecule has 8 unspecified atom stereocenters. The second kappa shape index (κ2) is 4.41. The van der Waals surface area contributed by atoms with E-state index >= 15 is 0 Å². The van der Waals surface area contributed by atoms with Crippen LogP contribution in [0.4, 0.5) is 0 Å². The average Bonchev–Trinajstić information content (AvgIpc) is 2.46. The SMILES string of the molecule is O=C1CCC2CN1C2C1SCC2CC1N2C1OCC2CC1N2. The van der Waals surface area contributed by atoms with Crippen LogP contribution >= 0.6 is 11.8 Å². The molecule has 9 rings (SSSR count). The molecular formula is C16H23N3O2S. The van der Waals surface area contributed by atoms with Gasteiger partial charge in [0.05, 0.1) is 6.61 Å². The second-order valence-electron chi connectivity index (χ2n) is 7.97. The highest BCUT2D eigenvalue weighted by Crippen LogP contribution is 2.51. The number of piperidine rings is 2. The molecule has 0 radical (unpaired) electrons. The summed E-state index contributed by atoms with van der Waals surface area (Å²) in [6.45, 7) is 1.91. The molecule has 1 N–H and O–H groups in total. The lowest BCUT2D eigenvalue weighted by molar-refractivity contribution is -0.215. The largest absolute Gasteiger partial charge is 0.360 e. The molecule has 9 saturated heterocycles. The standard InChI is InChI=1S/C16H23N3O2S/c20-13-2-1-8-5-18(13)14(8)15-12-4-10(7-22-15)19(12)16-11-3-9(17-11)6-21-16/h8-12,14-17H,1-7H2. The van der Waals surface area contributed by atoms with E-state index in [2.05, 4.69) is 26.9 Å². The maximum atomic E-state index is 12.1. The number of fused-ring (bicyclic) bond motifs is 8. The predicted molar refractivity (Wildman–Crippen MR) is 83.6 cm³/mol. The van der Waals surface area contributed by atoms with Crippen LogP contribution in [0.3, 0.4) is 0 Å². The van der Waals surface area contributed by atoms with E-state index in [4.69, 9.17) is 4.74 Å². The summed E-state index contributed by atoms with van der Waals surface area (Å²) >= 11 is 2.13. The van der Waals surface area contributed by atoms with Crippen molar-refractivity contribution in [2.24, 2.45) is 5.92 Å². The fraction of sp³-hybridized carbons (Fsp3) is 0.938. The van der Waals surface area contributed by atoms with Crippen LogP contribution in [-0.2, 0) is 9.53 Å². The van der Waals surface area contributed by atoms with Crippen molar-refractivity contribution >= 4 is 17.7 Å². The van der Waals surface area contributed by atoms with Crippen molar-refractivity contribution in [2.75, 3.05) is 18.9 Å². The minimum absolute atomic E-state index is 0.294. The monoisotopic (exact) mass is 321 g/mol. The minimum Gasteiger partial charge on any atom is -0.360 e. The Labute approximate surface area is 135 Å². The topological polar surface area (TPSA) is 44.8 Å². The number of amides is 1. The fourth-order valence-corrected chi connectivity index (χ4v) is 7.51. The zero-order valence-electron chi connectivity index (χ0n) is 12.7. The molecule has 5 nitrogen and oxygen atoms in total. The molecule has 6 bridgehead atoms. The Morgan fingerprint density at radius 1 is 1.32 bits per heavy atom. The van der Waals surface area contributed by atoms with Crippen LogP contribution in [0.5, 0.6) is 0 Å². The van der Waals surface area contributed by atoms with Gasteiger partial charge >= 0.3 is 0 Å². The number of hydrogen-bond donors (Lipinski definition) is 1. The summed E-state index contributed by atoms with van der Waals surface area (Å²) in [6, 6.07) is 3.03. The number of thioether (sulfide) groups is 1. The van der Waals surface area contributed by atoms with Gasteiger partial charge < -0.3 is 15.0 Å². The normalized spacial score (nSPS) is 56.0. The lowest BCUT2D eigenvalue weighted by Crippen LogP contribution is -2.80. The molecule has 120 valence electrons. The van der Waals surface area contributed by atoms with Crippen molar-refractivity contribution in [1.29, 1.82) is 0 Å². The summed E-state index contributed by atoms with van der Waals surface area (Å²) < 4.78 is 6.15. The third kappa shape index (κ3) is 1.55. The molecule has 9 heterocycles. The third-order valence-electron chi connectivity index (χ3n) is 6.93. The van der Waals surface area contributed by atoms with Crippen molar-refractivity contribution in [2.45, 2.75) is 67.4 Å². The number of carbonyl (C=O) groups excluding carboxylic acids is 1. The number of nitrogens with zero attached hydrogens (tertiary/aromatic N) is 2. The number of morpholine rings is 1. The molecule has 0 spiro atoms. The van der Waals surface area contributed by atoms with Gasteiger partial charge in [-0.1, -0.05) is 0 Å². The number of hydrogen-bond acceptors (Lipinski definition) is 5. The van der Waals surface area contributed by atoms with Crippen molar-refractivity contribution in [3.05, 3.63) is 0 Å². The van der Waals surface area contributed by atoms with E-state index in [1.807, 2.05) is 0 Å². The van der Waals surface area contributed by atoms with Crippen LogP contribution in [0.25, 0.3) is 0 Å². The van der Waals surface area contributed by atoms with E-state index in [0.717, 1.165) is 31.9 Å². The number of rotatable bonds is 2. The Morgan fingerprint density at radius 2 is 2.23 bits per heavy atom. The Balaban J connectivity index is 1.24. The lowest BCUT2D eigenvalue weighted by Gasteiger charge is -2.66. The van der Waals surface area contributed by atoms with E-state index < -0.39 is 0 Å². The zero-order valence-corrected chi connectivity index (χ0v) is 13.5. The van der Waals surface area contributed by atoms with E-state index in [-0.39, 0.29) is 0 Å². The molecule has 8 atom stereocenters. The molecule has 0 aromatic rings. The van der Waals surface area contributed by atoms with Crippen molar-refractivity contribution in [3.8, 4) is 0 Å². The van der Waals surface area contributed by atoms with Gasteiger partial charge in [0.2, 0.25) is 5.91 Å². The summed E-state index contributed by atoms with van der Waals surface area (Å²) in [4.78, 5) is 17.0. The lowest BCUT2D eigenvalue weighted by atomic mass is 9.73. The first-order valence-corrected chi connectivity index (χ1v) is 9.90. The molecule has 6 heteroatoms. The zero-order chi connectivity index (χ0) is 14.4. The summed E-state index contributed by atoms with van der Waals surface area (Å²) in [6.07, 6.45) is 4.81. The average molecular weight is 321 g/mol. The van der Waals surface area contributed by atoms with Crippen molar-refractivity contribution in [1.82, 2.24) is 15.1 Å². The maximum Gasteiger partial charge on any atom is 0.222 e. The highest BCUT2D eigenvalue weighted by molar-refractivity contribution is 8.00. The fourth-order valence-electron chi connectivity index (χ4n) is 5.72. The van der Waals surface area contributed by atoms with Gasteiger partial charge in [0.1, 0.15) is 6.23 Å². The minimum atomic E-state index is 0.294. The van der Waals surface area contributed by atoms with Crippen LogP contribution in [0.15, 0.2) is 0 Å². The Hall–Kier alpha value is -0.300. The summed E-state index contributed by atoms with van der Waals surface area (Å²) in [5.41, 5.74) is 0. The van der Waals surface area contributed by atoms with Gasteiger partial charge in [-0.15, -0.1) is 0 Å². The molecule has 0 saturated carbocycles. The molecule has 0 aromatic heterocycles. The highest BCUT2D eigenvalue weighted by atomic mass is 32.2. The first-order valence-electron chi connectivity index (χ1n) is 8.86. The predicted octanol–water partition coefficient (Wildman–Crippen LogP) is 0.252. The first-order chi connectivity index (χ1) is 10.8. The van der Waals surface area contributed by atoms with Crippen LogP contribution in [-0.4, -0.2) is 76.3 Å². The van der Waals surface area contributed by atoms with Gasteiger partial charge in [0.15, 0.2) is 0 Å². The molecule has 22 heavy (non-hydrogen) atoms. The molecule has 9 aliphatic rings. The van der Waals surface area contributed by atoms with Gasteiger partial charge in [-0.25, -0.2) is 0 Å². The van der Waals surface area contributed by atoms with Crippen LogP contribution in [0.1, 0.15) is 25.7 Å². The number of ether oxygens (including phenoxy) is 1. The second-order valence-corrected chi connectivity index (χ2v) is 9.18. The summed E-state index contributed by atoms with van der Waals surface area (Å²) in [7, 11) is 0. The van der Waals surface area contributed by atoms with Gasteiger partial charge in [0, 0.05) is 54.2 Å². The first kappa shape index (κ1) is 13.0. The Bertz CT molecular complexity index is 519. The van der Waals surface area contributed by atoms with Crippen LogP contribution < -0.4 is 5.32 Å². The van der Waals surface area contributed by atoms with E-state index in [1.54, 1.807) is 0 Å². The molecule has 0 aliphatic carbocycles. The summed E-state index contributed by atoms with van der Waals surface area (Å²) in [5, 5.41) is 4.27. The van der Waals surface area contributed by atoms with E-state index in [0.29, 0.717) is 47.6 Å². The van der Waals surface area contributed by atoms with E-state index in [9.17, 15) is 4.79 Å². The quantitative estimate of drug-likeness (QED) is 0.790. The van der Waals surface area contributed by atoms with Gasteiger partial charge in [-0.05, 0) is 25.2 Å². The van der Waals surface area contributed by atoms with E-state index in [1.165, 1.54) is 18.6 Å². The molecule has 9 fully saturated rings. The van der Waals surface area contributed by atoms with Crippen molar-refractivity contribution < 1.29 is 9.53 Å². The van der Waals surface area contributed by atoms with Crippen molar-refractivity contribution in [3.63, 3.8) is 0 Å².